The van der Waals surface area contributed by atoms with Crippen LogP contribution in [0.2, 0.25) is 0 Å². The minimum absolute atomic E-state index is 0.492. The summed E-state index contributed by atoms with van der Waals surface area (Å²) in [7, 11) is 0. The van der Waals surface area contributed by atoms with Gasteiger partial charge in [-0.25, -0.2) is 9.97 Å². The Morgan fingerprint density at radius 3 is 2.86 bits per heavy atom. The van der Waals surface area contributed by atoms with Crippen LogP contribution in [0.5, 0.6) is 0 Å². The summed E-state index contributed by atoms with van der Waals surface area (Å²) in [5.74, 6) is 3.25. The van der Waals surface area contributed by atoms with E-state index in [1.807, 2.05) is 23.0 Å². The van der Waals surface area contributed by atoms with Crippen molar-refractivity contribution in [1.29, 1.82) is 0 Å². The van der Waals surface area contributed by atoms with Gasteiger partial charge in [-0.3, -0.25) is 4.57 Å². The molecule has 1 saturated carbocycles. The van der Waals surface area contributed by atoms with Gasteiger partial charge in [-0.05, 0) is 49.7 Å². The molecule has 4 unspecified atom stereocenters. The molecule has 2 bridgehead atoms. The Bertz CT molecular complexity index is 629. The van der Waals surface area contributed by atoms with Crippen LogP contribution in [0.1, 0.15) is 19.8 Å². The number of imidazole rings is 1. The molecule has 1 N–H and O–H groups in total. The Hall–Kier alpha value is -2.10. The number of nitrogens with zero attached hydrogens (tertiary/aromatic N) is 3. The second-order valence-corrected chi connectivity index (χ2v) is 6.25. The lowest BCUT2D eigenvalue weighted by Crippen LogP contribution is -2.28. The first-order valence-corrected chi connectivity index (χ1v) is 7.69. The van der Waals surface area contributed by atoms with Crippen molar-refractivity contribution < 1.29 is 0 Å². The molecule has 0 aromatic carbocycles. The summed E-state index contributed by atoms with van der Waals surface area (Å²) >= 11 is 0. The van der Waals surface area contributed by atoms with E-state index in [-0.39, 0.29) is 0 Å². The molecule has 2 aromatic heterocycles. The number of hydrogen-bond acceptors (Lipinski definition) is 3. The highest BCUT2D eigenvalue weighted by Crippen LogP contribution is 2.45. The molecule has 0 spiro atoms. The van der Waals surface area contributed by atoms with E-state index in [1.165, 1.54) is 12.8 Å². The van der Waals surface area contributed by atoms with Crippen molar-refractivity contribution >= 4 is 5.69 Å². The van der Waals surface area contributed by atoms with E-state index in [2.05, 4.69) is 40.4 Å². The summed E-state index contributed by atoms with van der Waals surface area (Å²) in [5, 5.41) is 3.62. The Kier molecular flexibility index (Phi) is 3.02. The predicted octanol–water partition coefficient (Wildman–Crippen LogP) is 3.28. The quantitative estimate of drug-likeness (QED) is 0.874. The molecule has 0 aliphatic heterocycles. The Morgan fingerprint density at radius 2 is 2.24 bits per heavy atom. The second-order valence-electron chi connectivity index (χ2n) is 6.25. The van der Waals surface area contributed by atoms with Crippen LogP contribution in [0.3, 0.4) is 0 Å². The summed E-state index contributed by atoms with van der Waals surface area (Å²) in [4.78, 5) is 8.54. The molecule has 4 nitrogen and oxygen atoms in total. The third-order valence-corrected chi connectivity index (χ3v) is 4.88. The fourth-order valence-electron chi connectivity index (χ4n) is 3.79. The maximum atomic E-state index is 4.50. The number of fused-ring (bicyclic) bond motifs is 2. The highest BCUT2D eigenvalue weighted by atomic mass is 15.1. The zero-order chi connectivity index (χ0) is 14.2. The minimum Gasteiger partial charge on any atom is -0.381 e. The van der Waals surface area contributed by atoms with Gasteiger partial charge in [0.15, 0.2) is 0 Å². The molecule has 2 aromatic rings. The van der Waals surface area contributed by atoms with Crippen LogP contribution in [-0.2, 0) is 0 Å². The summed E-state index contributed by atoms with van der Waals surface area (Å²) in [6.45, 7) is 2.29. The van der Waals surface area contributed by atoms with E-state index in [0.717, 1.165) is 29.3 Å². The van der Waals surface area contributed by atoms with E-state index >= 15 is 0 Å². The normalized spacial score (nSPS) is 28.0. The largest absolute Gasteiger partial charge is 0.381 e. The number of anilines is 1. The Labute approximate surface area is 124 Å². The van der Waals surface area contributed by atoms with Crippen molar-refractivity contribution in [1.82, 2.24) is 14.5 Å². The Balaban J connectivity index is 1.44. The van der Waals surface area contributed by atoms with Crippen LogP contribution in [-0.4, -0.2) is 20.6 Å². The predicted molar refractivity (Wildman–Crippen MR) is 83.3 cm³/mol. The average Bonchev–Trinajstić information content (AvgIpc) is 3.25. The zero-order valence-corrected chi connectivity index (χ0v) is 12.2. The van der Waals surface area contributed by atoms with Gasteiger partial charge < -0.3 is 5.32 Å². The van der Waals surface area contributed by atoms with Crippen molar-refractivity contribution in [2.75, 3.05) is 5.32 Å². The van der Waals surface area contributed by atoms with Crippen molar-refractivity contribution in [3.8, 4) is 5.82 Å². The standard InChI is InChI=1S/C17H20N4/c1-12(16-9-13-2-3-14(16)8-13)20-15-4-5-17(19-10-15)21-7-6-18-11-21/h2-7,10-14,16,20H,8-9H2,1H3. The van der Waals surface area contributed by atoms with Gasteiger partial charge in [-0.15, -0.1) is 0 Å². The highest BCUT2D eigenvalue weighted by molar-refractivity contribution is 5.44. The first kappa shape index (κ1) is 12.6. The SMILES string of the molecule is CC(Nc1ccc(-n2ccnc2)nc1)C1CC2C=CC1C2. The smallest absolute Gasteiger partial charge is 0.137 e. The molecule has 0 radical (unpaired) electrons. The first-order chi connectivity index (χ1) is 10.3. The molecule has 2 aliphatic rings. The van der Waals surface area contributed by atoms with Crippen LogP contribution in [0.4, 0.5) is 5.69 Å². The topological polar surface area (TPSA) is 42.7 Å². The number of aromatic nitrogens is 3. The van der Waals surface area contributed by atoms with E-state index in [0.29, 0.717) is 6.04 Å². The van der Waals surface area contributed by atoms with E-state index in [1.54, 1.807) is 12.5 Å². The number of nitrogens with one attached hydrogen (secondary N) is 1. The lowest BCUT2D eigenvalue weighted by molar-refractivity contribution is 0.400. The van der Waals surface area contributed by atoms with Gasteiger partial charge >= 0.3 is 0 Å². The highest BCUT2D eigenvalue weighted by Gasteiger charge is 2.38. The molecular weight excluding hydrogens is 260 g/mol. The molecule has 2 heterocycles. The van der Waals surface area contributed by atoms with Gasteiger partial charge in [-0.1, -0.05) is 12.2 Å². The van der Waals surface area contributed by atoms with Crippen LogP contribution in [0.15, 0.2) is 49.2 Å². The number of hydrogen-bond donors (Lipinski definition) is 1. The van der Waals surface area contributed by atoms with Gasteiger partial charge in [0.05, 0.1) is 11.9 Å². The molecule has 21 heavy (non-hydrogen) atoms. The molecule has 108 valence electrons. The van der Waals surface area contributed by atoms with Crippen molar-refractivity contribution in [3.63, 3.8) is 0 Å². The first-order valence-electron chi connectivity index (χ1n) is 7.69. The third-order valence-electron chi connectivity index (χ3n) is 4.88. The van der Waals surface area contributed by atoms with Crippen molar-refractivity contribution in [2.24, 2.45) is 17.8 Å². The third kappa shape index (κ3) is 2.35. The van der Waals surface area contributed by atoms with Gasteiger partial charge in [0.25, 0.3) is 0 Å². The molecule has 0 amide bonds. The summed E-state index contributed by atoms with van der Waals surface area (Å²) in [6.07, 6.45) is 14.8. The van der Waals surface area contributed by atoms with Crippen LogP contribution in [0.25, 0.3) is 5.82 Å². The van der Waals surface area contributed by atoms with Gasteiger partial charge in [0.2, 0.25) is 0 Å². The molecule has 1 fully saturated rings. The second kappa shape index (κ2) is 5.02. The maximum Gasteiger partial charge on any atom is 0.137 e. The molecule has 0 saturated heterocycles. The number of allylic oxidation sites excluding steroid dienone is 2. The minimum atomic E-state index is 0.492. The average molecular weight is 280 g/mol. The fourth-order valence-corrected chi connectivity index (χ4v) is 3.79. The molecule has 4 rings (SSSR count). The molecular formula is C17H20N4. The Morgan fingerprint density at radius 1 is 1.29 bits per heavy atom. The summed E-state index contributed by atoms with van der Waals surface area (Å²) in [5.41, 5.74) is 1.10. The summed E-state index contributed by atoms with van der Waals surface area (Å²) < 4.78 is 1.91. The van der Waals surface area contributed by atoms with Gasteiger partial charge in [-0.2, -0.15) is 0 Å². The molecule has 4 atom stereocenters. The van der Waals surface area contributed by atoms with Gasteiger partial charge in [0, 0.05) is 18.4 Å². The van der Waals surface area contributed by atoms with Crippen molar-refractivity contribution in [2.45, 2.75) is 25.8 Å². The number of rotatable bonds is 4. The van der Waals surface area contributed by atoms with Gasteiger partial charge in [0.1, 0.15) is 12.1 Å². The maximum absolute atomic E-state index is 4.50. The molecule has 2 aliphatic carbocycles. The van der Waals surface area contributed by atoms with Crippen LogP contribution < -0.4 is 5.32 Å². The van der Waals surface area contributed by atoms with Crippen molar-refractivity contribution in [3.05, 3.63) is 49.2 Å². The summed E-state index contributed by atoms with van der Waals surface area (Å²) in [6, 6.07) is 4.62. The number of pyridine rings is 1. The zero-order valence-electron chi connectivity index (χ0n) is 12.2. The fraction of sp³-hybridized carbons (Fsp3) is 0.412. The lowest BCUT2D eigenvalue weighted by Gasteiger charge is -2.27. The molecule has 4 heteroatoms. The van der Waals surface area contributed by atoms with Crippen LogP contribution >= 0.6 is 0 Å². The monoisotopic (exact) mass is 280 g/mol. The van der Waals surface area contributed by atoms with Crippen LogP contribution in [0, 0.1) is 17.8 Å². The van der Waals surface area contributed by atoms with E-state index in [4.69, 9.17) is 0 Å². The lowest BCUT2D eigenvalue weighted by atomic mass is 9.87. The van der Waals surface area contributed by atoms with E-state index < -0.39 is 0 Å². The van der Waals surface area contributed by atoms with E-state index in [9.17, 15) is 0 Å².